The van der Waals surface area contributed by atoms with Crippen LogP contribution in [0, 0.1) is 0 Å². The largest absolute Gasteiger partial charge is 0.253 e. The van der Waals surface area contributed by atoms with E-state index in [1.54, 1.807) is 0 Å². The molecule has 4 heavy (non-hydrogen) atoms. The standard InChI is InChI=1S/CHClN2/c2-1-3-4-1/h1H. The first kappa shape index (κ1) is 2.15. The van der Waals surface area contributed by atoms with Crippen molar-refractivity contribution in [3.8, 4) is 0 Å². The Hall–Kier alpha value is -0.110. The second-order valence-corrected chi connectivity index (χ2v) is 0.932. The van der Waals surface area contributed by atoms with E-state index in [0.29, 0.717) is 0 Å². The Kier molecular flexibility index (Phi) is 0.232. The van der Waals surface area contributed by atoms with Crippen LogP contribution in [0.2, 0.25) is 0 Å². The Morgan fingerprint density at radius 3 is 1.75 bits per heavy atom. The summed E-state index contributed by atoms with van der Waals surface area (Å²) in [6.45, 7) is 0. The van der Waals surface area contributed by atoms with E-state index in [-0.39, 0.29) is 5.62 Å². The molecule has 0 aromatic rings. The van der Waals surface area contributed by atoms with Crippen LogP contribution in [-0.4, -0.2) is 5.62 Å². The first-order chi connectivity index (χ1) is 1.89. The summed E-state index contributed by atoms with van der Waals surface area (Å²) in [4.78, 5) is 0. The first-order valence-electron chi connectivity index (χ1n) is 0.935. The van der Waals surface area contributed by atoms with Gasteiger partial charge >= 0.3 is 0 Å². The second-order valence-electron chi connectivity index (χ2n) is 0.542. The van der Waals surface area contributed by atoms with Crippen LogP contribution < -0.4 is 0 Å². The molecule has 0 spiro atoms. The van der Waals surface area contributed by atoms with Crippen molar-refractivity contribution in [3.63, 3.8) is 0 Å². The predicted octanol–water partition coefficient (Wildman–Crippen LogP) is 0.975. The smallest absolute Gasteiger partial charge is 0.144 e. The van der Waals surface area contributed by atoms with E-state index in [2.05, 4.69) is 10.2 Å². The fourth-order valence-electron chi connectivity index (χ4n) is 0.0252. The molecule has 0 atom stereocenters. The minimum Gasteiger partial charge on any atom is -0.144 e. The number of hydrogen-bond acceptors (Lipinski definition) is 2. The maximum atomic E-state index is 5.05. The number of nitrogens with zero attached hydrogens (tertiary/aromatic N) is 2. The van der Waals surface area contributed by atoms with Crippen LogP contribution in [0.5, 0.6) is 0 Å². The monoisotopic (exact) mass is 76.0 g/mol. The van der Waals surface area contributed by atoms with Gasteiger partial charge in [0.1, 0.15) is 0 Å². The molecule has 0 N–H and O–H groups in total. The molecule has 1 aliphatic heterocycles. The van der Waals surface area contributed by atoms with E-state index >= 15 is 0 Å². The molecule has 22 valence electrons. The average Bonchev–Trinajstić information content (AvgIpc) is 1.75. The van der Waals surface area contributed by atoms with Crippen LogP contribution in [0.1, 0.15) is 0 Å². The van der Waals surface area contributed by atoms with Gasteiger partial charge in [-0.25, -0.2) is 0 Å². The molecule has 0 aromatic heterocycles. The van der Waals surface area contributed by atoms with Crippen molar-refractivity contribution >= 4 is 11.6 Å². The molecule has 0 fully saturated rings. The van der Waals surface area contributed by atoms with Gasteiger partial charge in [-0.2, -0.15) is 0 Å². The van der Waals surface area contributed by atoms with E-state index in [1.165, 1.54) is 0 Å². The van der Waals surface area contributed by atoms with Crippen molar-refractivity contribution in [1.29, 1.82) is 0 Å². The predicted molar refractivity (Wildman–Crippen MR) is 14.5 cm³/mol. The number of halogens is 1. The minimum absolute atomic E-state index is 0.194. The molecule has 0 aromatic carbocycles. The zero-order valence-electron chi connectivity index (χ0n) is 1.85. The summed E-state index contributed by atoms with van der Waals surface area (Å²) < 4.78 is 0. The first-order valence-corrected chi connectivity index (χ1v) is 1.37. The van der Waals surface area contributed by atoms with Gasteiger partial charge in [0.15, 0.2) is 0 Å². The van der Waals surface area contributed by atoms with Gasteiger partial charge in [0.2, 0.25) is 0 Å². The van der Waals surface area contributed by atoms with Crippen molar-refractivity contribution in [3.05, 3.63) is 0 Å². The molecule has 0 aliphatic carbocycles. The van der Waals surface area contributed by atoms with Gasteiger partial charge in [-0.15, -0.1) is 10.2 Å². The van der Waals surface area contributed by atoms with Crippen LogP contribution in [0.4, 0.5) is 0 Å². The molecule has 1 heterocycles. The van der Waals surface area contributed by atoms with Crippen molar-refractivity contribution in [1.82, 2.24) is 0 Å². The lowest BCUT2D eigenvalue weighted by molar-refractivity contribution is 1.37. The summed E-state index contributed by atoms with van der Waals surface area (Å²) in [5.41, 5.74) is -0.194. The van der Waals surface area contributed by atoms with Gasteiger partial charge < -0.3 is 0 Å². The van der Waals surface area contributed by atoms with E-state index in [0.717, 1.165) is 0 Å². The highest BCUT2D eigenvalue weighted by Gasteiger charge is 2.06. The highest BCUT2D eigenvalue weighted by molar-refractivity contribution is 6.21. The lowest BCUT2D eigenvalue weighted by Crippen LogP contribution is -1.50. The molecule has 0 unspecified atom stereocenters. The van der Waals surface area contributed by atoms with Gasteiger partial charge in [-0.05, 0) is 0 Å². The summed E-state index contributed by atoms with van der Waals surface area (Å²) in [6, 6.07) is 0. The average molecular weight is 76.5 g/mol. The zero-order valence-corrected chi connectivity index (χ0v) is 2.61. The quantitative estimate of drug-likeness (QED) is 0.303. The molecule has 1 rings (SSSR count). The fraction of sp³-hybridized carbons (Fsp3) is 1.00. The Labute approximate surface area is 28.5 Å². The molecule has 0 bridgehead atoms. The molecule has 2 nitrogen and oxygen atoms in total. The van der Waals surface area contributed by atoms with Gasteiger partial charge in [-0.3, -0.25) is 0 Å². The Balaban J connectivity index is 2.32. The van der Waals surface area contributed by atoms with Crippen LogP contribution in [0.25, 0.3) is 0 Å². The van der Waals surface area contributed by atoms with E-state index in [4.69, 9.17) is 11.6 Å². The Bertz CT molecular complexity index is 44.0. The SMILES string of the molecule is ClC1N=N1. The third-order valence-corrected chi connectivity index (χ3v) is 0.377. The lowest BCUT2D eigenvalue weighted by Gasteiger charge is -1.46. The number of rotatable bonds is 0. The van der Waals surface area contributed by atoms with Gasteiger partial charge in [-0.1, -0.05) is 11.6 Å². The van der Waals surface area contributed by atoms with Crippen molar-refractivity contribution in [2.75, 3.05) is 0 Å². The maximum Gasteiger partial charge on any atom is 0.253 e. The molecule has 0 saturated carbocycles. The third-order valence-electron chi connectivity index (χ3n) is 0.203. The molecular weight excluding hydrogens is 75.5 g/mol. The van der Waals surface area contributed by atoms with Crippen LogP contribution >= 0.6 is 11.6 Å². The summed E-state index contributed by atoms with van der Waals surface area (Å²) in [5.74, 6) is 0. The Morgan fingerprint density at radius 1 is 1.50 bits per heavy atom. The second kappa shape index (κ2) is 0.432. The fourth-order valence-corrected chi connectivity index (χ4v) is 0.0756. The molecule has 3 heteroatoms. The van der Waals surface area contributed by atoms with E-state index in [1.807, 2.05) is 0 Å². The summed E-state index contributed by atoms with van der Waals surface area (Å²) in [7, 11) is 0. The molecule has 1 aliphatic rings. The molecule has 0 saturated heterocycles. The normalized spacial score (nSPS) is 22.2. The number of hydrogen-bond donors (Lipinski definition) is 0. The molecule has 0 radical (unpaired) electrons. The van der Waals surface area contributed by atoms with Crippen LogP contribution in [0.15, 0.2) is 10.2 Å². The van der Waals surface area contributed by atoms with Crippen molar-refractivity contribution < 1.29 is 0 Å². The van der Waals surface area contributed by atoms with Gasteiger partial charge in [0.05, 0.1) is 0 Å². The van der Waals surface area contributed by atoms with Crippen molar-refractivity contribution in [2.45, 2.75) is 5.62 Å². The lowest BCUT2D eigenvalue weighted by atomic mass is 11.4. The van der Waals surface area contributed by atoms with Gasteiger partial charge in [0, 0.05) is 0 Å². The zero-order chi connectivity index (χ0) is 2.99. The van der Waals surface area contributed by atoms with Crippen LogP contribution in [0.3, 0.4) is 0 Å². The molecular formula is CHClN2. The highest BCUT2D eigenvalue weighted by atomic mass is 35.5. The summed E-state index contributed by atoms with van der Waals surface area (Å²) in [6.07, 6.45) is 0. The summed E-state index contributed by atoms with van der Waals surface area (Å²) >= 11 is 5.05. The topological polar surface area (TPSA) is 24.7 Å². The minimum atomic E-state index is -0.194. The van der Waals surface area contributed by atoms with E-state index < -0.39 is 0 Å². The summed E-state index contributed by atoms with van der Waals surface area (Å²) in [5, 5.41) is 6.59. The molecule has 0 amide bonds. The number of alkyl halides is 1. The van der Waals surface area contributed by atoms with Crippen LogP contribution in [-0.2, 0) is 0 Å². The Morgan fingerprint density at radius 2 is 1.75 bits per heavy atom. The highest BCUT2D eigenvalue weighted by Crippen LogP contribution is 2.12. The van der Waals surface area contributed by atoms with Crippen molar-refractivity contribution in [2.24, 2.45) is 10.2 Å². The van der Waals surface area contributed by atoms with E-state index in [9.17, 15) is 0 Å². The third kappa shape index (κ3) is 0.179. The maximum absolute atomic E-state index is 5.05. The van der Waals surface area contributed by atoms with Gasteiger partial charge in [0.25, 0.3) is 5.62 Å².